The Morgan fingerprint density at radius 2 is 1.85 bits per heavy atom. The lowest BCUT2D eigenvalue weighted by atomic mass is 10.1. The molecular weight excluding hydrogens is 403 g/mol. The van der Waals surface area contributed by atoms with Crippen LogP contribution in [-0.2, 0) is 5.75 Å². The van der Waals surface area contributed by atoms with Crippen molar-refractivity contribution >= 4 is 51.8 Å². The Hall–Kier alpha value is -1.95. The summed E-state index contributed by atoms with van der Waals surface area (Å²) < 4.78 is 0. The van der Waals surface area contributed by atoms with Crippen LogP contribution in [0.2, 0.25) is 10.0 Å². The number of carbonyl (C=O) groups is 1. The van der Waals surface area contributed by atoms with E-state index in [0.717, 1.165) is 10.9 Å². The molecule has 0 aliphatic rings. The summed E-state index contributed by atoms with van der Waals surface area (Å²) in [6.45, 7) is 0.464. The van der Waals surface area contributed by atoms with E-state index in [4.69, 9.17) is 23.2 Å². The third-order valence-corrected chi connectivity index (χ3v) is 5.53. The van der Waals surface area contributed by atoms with Gasteiger partial charge in [0, 0.05) is 39.7 Å². The van der Waals surface area contributed by atoms with E-state index in [9.17, 15) is 9.90 Å². The number of thioether (sulfide) groups is 1. The molecule has 3 rings (SSSR count). The Bertz CT molecular complexity index is 930. The second-order valence-electron chi connectivity index (χ2n) is 5.55. The maximum Gasteiger partial charge on any atom is 0.255 e. The summed E-state index contributed by atoms with van der Waals surface area (Å²) in [6.07, 6.45) is 1.58. The minimum atomic E-state index is -0.327. The summed E-state index contributed by atoms with van der Waals surface area (Å²) in [5.41, 5.74) is 1.53. The number of phenolic OH excluding ortho intramolecular Hbond substituents is 1. The molecule has 3 aromatic rings. The smallest absolute Gasteiger partial charge is 0.255 e. The van der Waals surface area contributed by atoms with E-state index >= 15 is 0 Å². The zero-order valence-electron chi connectivity index (χ0n) is 13.7. The molecular formula is C20H20Cl2N2O2S. The van der Waals surface area contributed by atoms with E-state index in [1.165, 1.54) is 0 Å². The lowest BCUT2D eigenvalue weighted by Crippen LogP contribution is -2.25. The highest BCUT2D eigenvalue weighted by molar-refractivity contribution is 7.98. The Kier molecular flexibility index (Phi) is 7.78. The summed E-state index contributed by atoms with van der Waals surface area (Å²) in [5.74, 6) is 0.932. The van der Waals surface area contributed by atoms with Crippen LogP contribution in [0.3, 0.4) is 0 Å². The maximum absolute atomic E-state index is 12.3. The molecule has 4 nitrogen and oxygen atoms in total. The molecule has 2 aromatic carbocycles. The zero-order chi connectivity index (χ0) is 18.5. The van der Waals surface area contributed by atoms with Gasteiger partial charge < -0.3 is 10.4 Å². The second-order valence-corrected chi connectivity index (χ2v) is 7.47. The van der Waals surface area contributed by atoms with Crippen molar-refractivity contribution in [1.82, 2.24) is 10.3 Å². The lowest BCUT2D eigenvalue weighted by Gasteiger charge is -2.09. The summed E-state index contributed by atoms with van der Waals surface area (Å²) in [4.78, 5) is 16.4. The number of rotatable bonds is 6. The van der Waals surface area contributed by atoms with E-state index in [0.29, 0.717) is 33.6 Å². The van der Waals surface area contributed by atoms with Gasteiger partial charge in [-0.3, -0.25) is 9.78 Å². The van der Waals surface area contributed by atoms with Crippen molar-refractivity contribution in [2.75, 3.05) is 12.3 Å². The predicted molar refractivity (Wildman–Crippen MR) is 115 cm³/mol. The highest BCUT2D eigenvalue weighted by Crippen LogP contribution is 2.28. The van der Waals surface area contributed by atoms with Gasteiger partial charge in [0.2, 0.25) is 0 Å². The van der Waals surface area contributed by atoms with Gasteiger partial charge in [0.05, 0.1) is 5.56 Å². The quantitative estimate of drug-likeness (QED) is 0.511. The number of carbonyl (C=O) groups excluding carboxylic acids is 1. The second kappa shape index (κ2) is 9.83. The van der Waals surface area contributed by atoms with Gasteiger partial charge in [-0.25, -0.2) is 0 Å². The summed E-state index contributed by atoms with van der Waals surface area (Å²) in [5, 5.41) is 15.1. The van der Waals surface area contributed by atoms with Gasteiger partial charge in [0.15, 0.2) is 5.75 Å². The minimum absolute atomic E-state index is 0. The molecule has 7 heteroatoms. The van der Waals surface area contributed by atoms with Gasteiger partial charge >= 0.3 is 0 Å². The number of aromatic nitrogens is 1. The number of nitrogens with one attached hydrogen (secondary N) is 1. The average Bonchev–Trinajstić information content (AvgIpc) is 2.64. The Labute approximate surface area is 172 Å². The van der Waals surface area contributed by atoms with Crippen LogP contribution in [0.15, 0.2) is 48.7 Å². The van der Waals surface area contributed by atoms with Gasteiger partial charge in [-0.05, 0) is 29.8 Å². The van der Waals surface area contributed by atoms with Crippen LogP contribution in [0.5, 0.6) is 5.75 Å². The Morgan fingerprint density at radius 1 is 1.11 bits per heavy atom. The third-order valence-electron chi connectivity index (χ3n) is 3.83. The number of nitrogens with zero attached hydrogens (tertiary/aromatic N) is 1. The normalized spacial score (nSPS) is 10.4. The van der Waals surface area contributed by atoms with E-state index in [-0.39, 0.29) is 24.6 Å². The van der Waals surface area contributed by atoms with E-state index in [2.05, 4.69) is 10.3 Å². The standard InChI is InChI=1S/C19H16Cl2N2O2S.CH4/c20-15-4-1-5-16(21)14(15)11-26-10-9-23-19(25)13-7-6-12-3-2-8-22-17(12)18(13)24;/h1-8,24H,9-11H2,(H,23,25);1H4. The zero-order valence-corrected chi connectivity index (χ0v) is 16.0. The molecule has 0 bridgehead atoms. The highest BCUT2D eigenvalue weighted by Gasteiger charge is 2.14. The first-order valence-corrected chi connectivity index (χ1v) is 9.84. The van der Waals surface area contributed by atoms with Gasteiger partial charge in [0.1, 0.15) is 5.52 Å². The van der Waals surface area contributed by atoms with E-state index in [1.807, 2.05) is 24.3 Å². The SMILES string of the molecule is C.O=C(NCCSCc1c(Cl)cccc1Cl)c1ccc2cccnc2c1O. The molecule has 0 fully saturated rings. The van der Waals surface area contributed by atoms with E-state index in [1.54, 1.807) is 36.2 Å². The van der Waals surface area contributed by atoms with Crippen LogP contribution in [0.4, 0.5) is 0 Å². The fourth-order valence-electron chi connectivity index (χ4n) is 2.49. The first kappa shape index (κ1) is 21.4. The van der Waals surface area contributed by atoms with Crippen molar-refractivity contribution in [1.29, 1.82) is 0 Å². The highest BCUT2D eigenvalue weighted by atomic mass is 35.5. The molecule has 1 amide bonds. The summed E-state index contributed by atoms with van der Waals surface area (Å²) in [7, 11) is 0. The number of hydrogen-bond donors (Lipinski definition) is 2. The largest absolute Gasteiger partial charge is 0.505 e. The Morgan fingerprint density at radius 3 is 2.59 bits per heavy atom. The molecule has 0 aliphatic carbocycles. The van der Waals surface area contributed by atoms with Crippen LogP contribution < -0.4 is 5.32 Å². The van der Waals surface area contributed by atoms with E-state index < -0.39 is 0 Å². The van der Waals surface area contributed by atoms with Crippen molar-refractivity contribution in [3.8, 4) is 5.75 Å². The molecule has 0 aliphatic heterocycles. The number of hydrogen-bond acceptors (Lipinski definition) is 4. The van der Waals surface area contributed by atoms with Crippen LogP contribution in [0.25, 0.3) is 10.9 Å². The fraction of sp³-hybridized carbons (Fsp3) is 0.200. The number of halogens is 2. The number of pyridine rings is 1. The van der Waals surface area contributed by atoms with Crippen molar-refractivity contribution in [2.24, 2.45) is 0 Å². The molecule has 1 aromatic heterocycles. The molecule has 0 spiro atoms. The molecule has 0 unspecified atom stereocenters. The molecule has 1 heterocycles. The van der Waals surface area contributed by atoms with Gasteiger partial charge in [-0.1, -0.05) is 48.8 Å². The molecule has 142 valence electrons. The molecule has 0 atom stereocenters. The summed E-state index contributed by atoms with van der Waals surface area (Å²) in [6, 6.07) is 12.4. The lowest BCUT2D eigenvalue weighted by molar-refractivity contribution is 0.0953. The number of amides is 1. The number of benzene rings is 2. The van der Waals surface area contributed by atoms with Crippen LogP contribution in [-0.4, -0.2) is 28.3 Å². The maximum atomic E-state index is 12.3. The number of phenols is 1. The third kappa shape index (κ3) is 5.06. The molecule has 27 heavy (non-hydrogen) atoms. The van der Waals surface area contributed by atoms with Gasteiger partial charge in [0.25, 0.3) is 5.91 Å². The summed E-state index contributed by atoms with van der Waals surface area (Å²) >= 11 is 13.9. The van der Waals surface area contributed by atoms with Crippen LogP contribution in [0.1, 0.15) is 23.3 Å². The average molecular weight is 423 g/mol. The van der Waals surface area contributed by atoms with Crippen LogP contribution >= 0.6 is 35.0 Å². The first-order valence-electron chi connectivity index (χ1n) is 7.93. The van der Waals surface area contributed by atoms with Crippen molar-refractivity contribution in [3.63, 3.8) is 0 Å². The van der Waals surface area contributed by atoms with Crippen molar-refractivity contribution in [2.45, 2.75) is 13.2 Å². The van der Waals surface area contributed by atoms with Crippen molar-refractivity contribution in [3.05, 3.63) is 69.8 Å². The topological polar surface area (TPSA) is 62.2 Å². The Balaban J connectivity index is 0.00000261. The van der Waals surface area contributed by atoms with Crippen LogP contribution in [0, 0.1) is 0 Å². The molecule has 2 N–H and O–H groups in total. The predicted octanol–water partition coefficient (Wildman–Crippen LogP) is 5.55. The number of fused-ring (bicyclic) bond motifs is 1. The van der Waals surface area contributed by atoms with Crippen molar-refractivity contribution < 1.29 is 9.90 Å². The van der Waals surface area contributed by atoms with Gasteiger partial charge in [-0.2, -0.15) is 11.8 Å². The minimum Gasteiger partial charge on any atom is -0.505 e. The molecule has 0 saturated heterocycles. The monoisotopic (exact) mass is 422 g/mol. The fourth-order valence-corrected chi connectivity index (χ4v) is 4.08. The number of aromatic hydroxyl groups is 1. The first-order chi connectivity index (χ1) is 12.6. The molecule has 0 saturated carbocycles. The van der Waals surface area contributed by atoms with Gasteiger partial charge in [-0.15, -0.1) is 0 Å². The molecule has 0 radical (unpaired) electrons.